The normalized spacial score (nSPS) is 20.0. The highest BCUT2D eigenvalue weighted by Gasteiger charge is 2.35. The van der Waals surface area contributed by atoms with Gasteiger partial charge in [0.15, 0.2) is 11.4 Å². The minimum Gasteiger partial charge on any atom is -0.478 e. The Morgan fingerprint density at radius 2 is 1.59 bits per heavy atom. The monoisotopic (exact) mass is 501 g/mol. The van der Waals surface area contributed by atoms with Gasteiger partial charge in [0.05, 0.1) is 24.6 Å². The summed E-state index contributed by atoms with van der Waals surface area (Å²) >= 11 is 0. The second-order valence-corrected chi connectivity index (χ2v) is 11.3. The van der Waals surface area contributed by atoms with Crippen LogP contribution < -0.4 is 9.64 Å². The number of anilines is 1. The molecule has 6 rings (SSSR count). The number of rotatable bonds is 5. The van der Waals surface area contributed by atoms with Crippen LogP contribution in [-0.2, 0) is 16.9 Å². The summed E-state index contributed by atoms with van der Waals surface area (Å²) in [7, 11) is 0. The van der Waals surface area contributed by atoms with E-state index in [1.807, 2.05) is 0 Å². The van der Waals surface area contributed by atoms with Crippen LogP contribution in [-0.4, -0.2) is 77.9 Å². The summed E-state index contributed by atoms with van der Waals surface area (Å²) in [6.45, 7) is 17.5. The van der Waals surface area contributed by atoms with Crippen LogP contribution in [0.5, 0.6) is 5.75 Å². The minimum absolute atomic E-state index is 0.503. The van der Waals surface area contributed by atoms with Gasteiger partial charge in [-0.3, -0.25) is 14.4 Å². The van der Waals surface area contributed by atoms with Gasteiger partial charge < -0.3 is 14.4 Å². The van der Waals surface area contributed by atoms with Gasteiger partial charge in [-0.15, -0.1) is 0 Å². The molecule has 0 saturated carbocycles. The topological polar surface area (TPSA) is 46.0 Å². The van der Waals surface area contributed by atoms with Crippen LogP contribution in [0.1, 0.15) is 39.2 Å². The molecule has 0 amide bonds. The molecule has 2 saturated heterocycles. The van der Waals surface area contributed by atoms with E-state index in [0.717, 1.165) is 82.0 Å². The number of hydrogen-bond acceptors (Lipinski definition) is 6. The molecular formula is C30H39N5O2. The van der Waals surface area contributed by atoms with E-state index in [4.69, 9.17) is 14.5 Å². The third-order valence-electron chi connectivity index (χ3n) is 7.98. The minimum atomic E-state index is -0.503. The Labute approximate surface area is 220 Å². The first-order chi connectivity index (χ1) is 17.9. The predicted octanol–water partition coefficient (Wildman–Crippen LogP) is 4.53. The summed E-state index contributed by atoms with van der Waals surface area (Å²) < 4.78 is 14.3. The number of hydrogen-bond donors (Lipinski definition) is 0. The highest BCUT2D eigenvalue weighted by Crippen LogP contribution is 2.41. The van der Waals surface area contributed by atoms with E-state index in [1.54, 1.807) is 0 Å². The van der Waals surface area contributed by atoms with E-state index in [2.05, 4.69) is 95.6 Å². The summed E-state index contributed by atoms with van der Waals surface area (Å²) in [5.41, 5.74) is 5.31. The van der Waals surface area contributed by atoms with Crippen LogP contribution in [0.25, 0.3) is 16.8 Å². The number of imidazole rings is 1. The Hall–Kier alpha value is -2.87. The Morgan fingerprint density at radius 1 is 0.892 bits per heavy atom. The molecule has 2 fully saturated rings. The fraction of sp³-hybridized carbons (Fsp3) is 0.500. The van der Waals surface area contributed by atoms with Crippen molar-refractivity contribution in [1.29, 1.82) is 0 Å². The van der Waals surface area contributed by atoms with Gasteiger partial charge in [0.25, 0.3) is 0 Å². The first-order valence-corrected chi connectivity index (χ1v) is 13.7. The fourth-order valence-corrected chi connectivity index (χ4v) is 5.76. The first kappa shape index (κ1) is 24.5. The molecule has 3 aliphatic heterocycles. The summed E-state index contributed by atoms with van der Waals surface area (Å²) in [6, 6.07) is 16.2. The number of nitrogens with zero attached hydrogens (tertiary/aromatic N) is 5. The van der Waals surface area contributed by atoms with Crippen LogP contribution in [0.4, 0.5) is 5.69 Å². The van der Waals surface area contributed by atoms with E-state index in [1.165, 1.54) is 16.8 Å². The maximum atomic E-state index is 6.53. The van der Waals surface area contributed by atoms with Crippen molar-refractivity contribution in [3.63, 3.8) is 0 Å². The maximum absolute atomic E-state index is 6.53. The van der Waals surface area contributed by atoms with Crippen LogP contribution >= 0.6 is 0 Å². The smallest absolute Gasteiger partial charge is 0.161 e. The highest BCUT2D eigenvalue weighted by molar-refractivity contribution is 5.71. The number of benzene rings is 2. The molecule has 7 heteroatoms. The standard InChI is InChI=1S/C30H39N5O2/c1-22(2)33-11-13-34(14-12-33)26-8-5-23(6-9-26)24-7-10-27-28(19-24)37-30(3,4)29-31-25(21-35(27)29)20-32-15-17-36-18-16-32/h5-10,19,21-22H,11-18,20H2,1-4H3. The van der Waals surface area contributed by atoms with Crippen LogP contribution in [0.3, 0.4) is 0 Å². The van der Waals surface area contributed by atoms with E-state index in [9.17, 15) is 0 Å². The van der Waals surface area contributed by atoms with Gasteiger partial charge in [0.1, 0.15) is 5.75 Å². The van der Waals surface area contributed by atoms with E-state index >= 15 is 0 Å². The lowest BCUT2D eigenvalue weighted by molar-refractivity contribution is 0.0335. The zero-order valence-electron chi connectivity index (χ0n) is 22.6. The van der Waals surface area contributed by atoms with E-state index < -0.39 is 5.60 Å². The van der Waals surface area contributed by atoms with Gasteiger partial charge in [-0.25, -0.2) is 4.98 Å². The average Bonchev–Trinajstić information content (AvgIpc) is 3.34. The largest absolute Gasteiger partial charge is 0.478 e. The second-order valence-electron chi connectivity index (χ2n) is 11.3. The van der Waals surface area contributed by atoms with Crippen LogP contribution in [0, 0.1) is 0 Å². The summed E-state index contributed by atoms with van der Waals surface area (Å²) in [5.74, 6) is 1.86. The van der Waals surface area contributed by atoms with Gasteiger partial charge >= 0.3 is 0 Å². The van der Waals surface area contributed by atoms with Gasteiger partial charge in [-0.1, -0.05) is 18.2 Å². The Morgan fingerprint density at radius 3 is 2.30 bits per heavy atom. The van der Waals surface area contributed by atoms with Crippen molar-refractivity contribution in [2.24, 2.45) is 0 Å². The number of fused-ring (bicyclic) bond motifs is 3. The SMILES string of the molecule is CC(C)N1CCN(c2ccc(-c3ccc4c(c3)OC(C)(C)c3nc(CN5CCOCC5)cn3-4)cc2)CC1. The van der Waals surface area contributed by atoms with Crippen molar-refractivity contribution in [1.82, 2.24) is 19.4 Å². The fourth-order valence-electron chi connectivity index (χ4n) is 5.76. The Balaban J connectivity index is 1.22. The van der Waals surface area contributed by atoms with Crippen LogP contribution in [0.2, 0.25) is 0 Å². The Bertz CT molecular complexity index is 1240. The molecule has 7 nitrogen and oxygen atoms in total. The lowest BCUT2D eigenvalue weighted by atomic mass is 10.0. The molecule has 4 heterocycles. The highest BCUT2D eigenvalue weighted by atomic mass is 16.5. The lowest BCUT2D eigenvalue weighted by Gasteiger charge is -2.38. The second kappa shape index (κ2) is 9.78. The summed E-state index contributed by atoms with van der Waals surface area (Å²) in [4.78, 5) is 12.4. The Kier molecular flexibility index (Phi) is 6.47. The summed E-state index contributed by atoms with van der Waals surface area (Å²) in [6.07, 6.45) is 2.18. The van der Waals surface area contributed by atoms with Crippen molar-refractivity contribution < 1.29 is 9.47 Å². The number of piperazine rings is 1. The molecule has 3 aromatic rings. The van der Waals surface area contributed by atoms with E-state index in [-0.39, 0.29) is 0 Å². The first-order valence-electron chi connectivity index (χ1n) is 13.7. The predicted molar refractivity (Wildman–Crippen MR) is 148 cm³/mol. The quantitative estimate of drug-likeness (QED) is 0.512. The van der Waals surface area contributed by atoms with Gasteiger partial charge in [-0.05, 0) is 63.1 Å². The molecule has 0 N–H and O–H groups in total. The molecule has 2 aromatic carbocycles. The zero-order valence-corrected chi connectivity index (χ0v) is 22.6. The maximum Gasteiger partial charge on any atom is 0.161 e. The van der Waals surface area contributed by atoms with Crippen molar-refractivity contribution in [2.45, 2.75) is 45.9 Å². The molecule has 196 valence electrons. The molecular weight excluding hydrogens is 462 g/mol. The molecule has 37 heavy (non-hydrogen) atoms. The third-order valence-corrected chi connectivity index (χ3v) is 7.98. The van der Waals surface area contributed by atoms with Crippen molar-refractivity contribution in [3.05, 3.63) is 60.2 Å². The van der Waals surface area contributed by atoms with Crippen molar-refractivity contribution in [3.8, 4) is 22.6 Å². The average molecular weight is 502 g/mol. The molecule has 0 aliphatic carbocycles. The molecule has 1 aromatic heterocycles. The molecule has 3 aliphatic rings. The zero-order chi connectivity index (χ0) is 25.6. The van der Waals surface area contributed by atoms with Crippen LogP contribution in [0.15, 0.2) is 48.7 Å². The van der Waals surface area contributed by atoms with Gasteiger partial charge in [0.2, 0.25) is 0 Å². The number of ether oxygens (including phenoxy) is 2. The molecule has 0 radical (unpaired) electrons. The van der Waals surface area contributed by atoms with Gasteiger partial charge in [0, 0.05) is 63.7 Å². The summed E-state index contributed by atoms with van der Waals surface area (Å²) in [5, 5.41) is 0. The third kappa shape index (κ3) is 4.88. The molecule has 0 spiro atoms. The van der Waals surface area contributed by atoms with E-state index in [0.29, 0.717) is 6.04 Å². The number of aromatic nitrogens is 2. The molecule has 0 bridgehead atoms. The molecule has 0 unspecified atom stereocenters. The molecule has 0 atom stereocenters. The van der Waals surface area contributed by atoms with Crippen molar-refractivity contribution >= 4 is 5.69 Å². The van der Waals surface area contributed by atoms with Crippen molar-refractivity contribution in [2.75, 3.05) is 57.4 Å². The van der Waals surface area contributed by atoms with Gasteiger partial charge in [-0.2, -0.15) is 0 Å². The number of morpholine rings is 1. The lowest BCUT2D eigenvalue weighted by Crippen LogP contribution is -2.48.